The minimum absolute atomic E-state index is 0.125. The van der Waals surface area contributed by atoms with Gasteiger partial charge in [0.25, 0.3) is 0 Å². The topological polar surface area (TPSA) is 38.7 Å². The van der Waals surface area contributed by atoms with Crippen LogP contribution in [0.2, 0.25) is 0 Å². The number of aliphatic hydroxyl groups is 1. The molecule has 1 N–H and O–H groups in total. The van der Waals surface area contributed by atoms with Crippen LogP contribution in [0.15, 0.2) is 0 Å². The normalized spacial score (nSPS) is 12.0. The van der Waals surface area contributed by atoms with E-state index in [-0.39, 0.29) is 13.6 Å². The number of hydroxylamine groups is 3. The molecule has 0 spiro atoms. The second kappa shape index (κ2) is 3.79. The number of ether oxygens (including phenoxy) is 1. The van der Waals surface area contributed by atoms with Gasteiger partial charge in [0.05, 0.1) is 21.1 Å². The molecule has 0 aromatic carbocycles. The molecule has 0 heterocycles. The molecule has 0 aromatic rings. The molecule has 0 unspecified atom stereocenters. The summed E-state index contributed by atoms with van der Waals surface area (Å²) < 4.78 is 4.90. The Kier molecular flexibility index (Phi) is 3.72. The first-order valence-electron chi connectivity index (χ1n) is 2.71. The molecule has 56 valence electrons. The number of quaternary nitrogens is 1. The SMILES string of the molecule is C[N+](C)(C)O[11CH2]O[11CH2]O. The maximum absolute atomic E-state index is 8.15. The van der Waals surface area contributed by atoms with Crippen LogP contribution >= 0.6 is 0 Å². The van der Waals surface area contributed by atoms with Crippen LogP contribution in [-0.4, -0.2) is 44.5 Å². The van der Waals surface area contributed by atoms with E-state index in [9.17, 15) is 0 Å². The second-order valence-corrected chi connectivity index (χ2v) is 2.47. The Morgan fingerprint density at radius 3 is 2.22 bits per heavy atom. The Labute approximate surface area is 55.1 Å². The maximum Gasteiger partial charge on any atom is 0.207 e. The van der Waals surface area contributed by atoms with E-state index in [1.165, 1.54) is 0 Å². The molecule has 4 heteroatoms. The van der Waals surface area contributed by atoms with E-state index in [1.807, 2.05) is 21.1 Å². The van der Waals surface area contributed by atoms with Crippen LogP contribution in [0, 0.1) is 0 Å². The van der Waals surface area contributed by atoms with E-state index in [1.54, 1.807) is 0 Å². The van der Waals surface area contributed by atoms with Crippen molar-refractivity contribution in [2.75, 3.05) is 34.7 Å². The highest BCUT2D eigenvalue weighted by Crippen LogP contribution is 1.90. The Hall–Kier alpha value is -0.160. The quantitative estimate of drug-likeness (QED) is 0.245. The van der Waals surface area contributed by atoms with E-state index in [0.29, 0.717) is 4.65 Å². The fourth-order valence-electron chi connectivity index (χ4n) is 0.233. The lowest BCUT2D eigenvalue weighted by Gasteiger charge is -2.20. The van der Waals surface area contributed by atoms with Gasteiger partial charge in [0.1, 0.15) is 6.79 Å². The molecule has 0 amide bonds. The zero-order chi connectivity index (χ0) is 7.33. The van der Waals surface area contributed by atoms with Gasteiger partial charge < -0.3 is 9.84 Å². The molecule has 0 aliphatic carbocycles. The fraction of sp³-hybridized carbons (Fsp3) is 1.00. The molecule has 0 bridgehead atoms. The lowest BCUT2D eigenvalue weighted by Crippen LogP contribution is -2.35. The van der Waals surface area contributed by atoms with Crippen molar-refractivity contribution in [3.8, 4) is 0 Å². The highest BCUT2D eigenvalue weighted by Gasteiger charge is 2.06. The van der Waals surface area contributed by atoms with Crippen LogP contribution < -0.4 is 0 Å². The van der Waals surface area contributed by atoms with Gasteiger partial charge in [0, 0.05) is 0 Å². The standard InChI is InChI=1S/C5H14NO3/c1-6(2,3)9-5-8-4-7/h7H,4-5H2,1-3H3/q+1/i4-1,5-1. The van der Waals surface area contributed by atoms with Crippen LogP contribution in [0.25, 0.3) is 0 Å². The molecule has 9 heavy (non-hydrogen) atoms. The molecule has 4 nitrogen and oxygen atoms in total. The Morgan fingerprint density at radius 2 is 1.89 bits per heavy atom. The maximum atomic E-state index is 8.15. The fourth-order valence-corrected chi connectivity index (χ4v) is 0.233. The third-order valence-electron chi connectivity index (χ3n) is 0.615. The molecule has 0 saturated carbocycles. The summed E-state index contributed by atoms with van der Waals surface area (Å²) in [7, 11) is 5.59. The first-order chi connectivity index (χ1) is 4.06. The molecule has 0 atom stereocenters. The molecular weight excluding hydrogens is 120 g/mol. The molecule has 0 aromatic heterocycles. The van der Waals surface area contributed by atoms with Gasteiger partial charge in [-0.05, 0) is 0 Å². The Morgan fingerprint density at radius 1 is 1.33 bits per heavy atom. The summed E-state index contributed by atoms with van der Waals surface area (Å²) in [6.45, 7) is -0.167. The number of aliphatic hydroxyl groups excluding tert-OH is 1. The third-order valence-corrected chi connectivity index (χ3v) is 0.615. The largest absolute Gasteiger partial charge is 0.371 e. The van der Waals surface area contributed by atoms with E-state index >= 15 is 0 Å². The first-order valence-corrected chi connectivity index (χ1v) is 2.71. The minimum atomic E-state index is -0.292. The van der Waals surface area contributed by atoms with Gasteiger partial charge in [-0.1, -0.05) is 0 Å². The summed E-state index contributed by atoms with van der Waals surface area (Å²) in [6, 6.07) is 0. The van der Waals surface area contributed by atoms with Gasteiger partial charge in [0.15, 0.2) is 0 Å². The van der Waals surface area contributed by atoms with Gasteiger partial charge in [-0.25, -0.2) is 0 Å². The molecule has 0 aliphatic heterocycles. The van der Waals surface area contributed by atoms with Gasteiger partial charge in [-0.15, -0.1) is 0 Å². The van der Waals surface area contributed by atoms with Gasteiger partial charge in [-0.3, -0.25) is 0 Å². The zero-order valence-electron chi connectivity index (χ0n) is 6.13. The lowest BCUT2D eigenvalue weighted by atomic mass is 10.5. The van der Waals surface area contributed by atoms with Crippen LogP contribution in [0.1, 0.15) is 0 Å². The van der Waals surface area contributed by atoms with Crippen molar-refractivity contribution in [2.24, 2.45) is 0 Å². The number of hydrogen-bond donors (Lipinski definition) is 1. The van der Waals surface area contributed by atoms with E-state index in [2.05, 4.69) is 4.74 Å². The van der Waals surface area contributed by atoms with Crippen molar-refractivity contribution >= 4 is 0 Å². The van der Waals surface area contributed by atoms with Crippen LogP contribution in [-0.2, 0) is 9.57 Å². The molecule has 0 fully saturated rings. The van der Waals surface area contributed by atoms with Gasteiger partial charge >= 0.3 is 0 Å². The van der Waals surface area contributed by atoms with Gasteiger partial charge in [-0.2, -0.15) is 9.48 Å². The van der Waals surface area contributed by atoms with Crippen LogP contribution in [0.5, 0.6) is 0 Å². The smallest absolute Gasteiger partial charge is 0.207 e. The highest BCUT2D eigenvalue weighted by atomic mass is 16.7. The predicted molar refractivity (Wildman–Crippen MR) is 32.2 cm³/mol. The van der Waals surface area contributed by atoms with Crippen molar-refractivity contribution in [3.63, 3.8) is 0 Å². The third kappa shape index (κ3) is 7.84. The van der Waals surface area contributed by atoms with Crippen molar-refractivity contribution < 1.29 is 19.3 Å². The zero-order valence-corrected chi connectivity index (χ0v) is 6.13. The Bertz CT molecular complexity index is 69.1. The van der Waals surface area contributed by atoms with E-state index in [0.717, 1.165) is 0 Å². The molecule has 0 saturated heterocycles. The predicted octanol–water partition coefficient (Wildman–Crippen LogP) is -0.452. The van der Waals surface area contributed by atoms with Crippen LogP contribution in [0.4, 0.5) is 0 Å². The summed E-state index contributed by atoms with van der Waals surface area (Å²) in [4.78, 5) is 5.03. The van der Waals surface area contributed by atoms with Crippen molar-refractivity contribution in [2.45, 2.75) is 0 Å². The minimum Gasteiger partial charge on any atom is -0.371 e. The first kappa shape index (κ1) is 8.84. The molecular formula is C5H14NO3+. The van der Waals surface area contributed by atoms with Gasteiger partial charge in [0.2, 0.25) is 6.79 Å². The van der Waals surface area contributed by atoms with Crippen molar-refractivity contribution in [3.05, 3.63) is 0 Å². The highest BCUT2D eigenvalue weighted by molar-refractivity contribution is 3.91. The summed E-state index contributed by atoms with van der Waals surface area (Å²) >= 11 is 0. The average molecular weight is 134 g/mol. The molecule has 0 radical (unpaired) electrons. The number of nitrogens with zero attached hydrogens (tertiary/aromatic N) is 1. The molecule has 0 aliphatic rings. The summed E-state index contributed by atoms with van der Waals surface area (Å²) in [5.41, 5.74) is 0. The second-order valence-electron chi connectivity index (χ2n) is 2.47. The number of hydrogen-bond acceptors (Lipinski definition) is 3. The monoisotopic (exact) mass is 134 g/mol. The van der Waals surface area contributed by atoms with E-state index in [4.69, 9.17) is 9.94 Å². The van der Waals surface area contributed by atoms with Crippen molar-refractivity contribution in [1.82, 2.24) is 0 Å². The molecule has 0 rings (SSSR count). The van der Waals surface area contributed by atoms with Crippen molar-refractivity contribution in [1.29, 1.82) is 0 Å². The summed E-state index contributed by atoms with van der Waals surface area (Å²) in [5, 5.41) is 8.15. The Balaban J connectivity index is 3.07. The van der Waals surface area contributed by atoms with E-state index < -0.39 is 0 Å². The van der Waals surface area contributed by atoms with Crippen LogP contribution in [0.3, 0.4) is 0 Å². The number of rotatable bonds is 4. The average Bonchev–Trinajstić information content (AvgIpc) is 1.63. The summed E-state index contributed by atoms with van der Waals surface area (Å²) in [5.74, 6) is 0. The summed E-state index contributed by atoms with van der Waals surface area (Å²) in [6.07, 6.45) is 0. The lowest BCUT2D eigenvalue weighted by molar-refractivity contribution is -1.07.